The number of carbonyl (C=O) groups is 2. The zero-order valence-electron chi connectivity index (χ0n) is 12.6. The summed E-state index contributed by atoms with van der Waals surface area (Å²) in [7, 11) is 0. The number of rotatable bonds is 6. The van der Waals surface area contributed by atoms with Gasteiger partial charge in [-0.2, -0.15) is 0 Å². The highest BCUT2D eigenvalue weighted by molar-refractivity contribution is 6.31. The molecule has 1 saturated carbocycles. The van der Waals surface area contributed by atoms with Crippen LogP contribution < -0.4 is 15.7 Å². The van der Waals surface area contributed by atoms with Gasteiger partial charge in [0.2, 0.25) is 5.91 Å². The Bertz CT molecular complexity index is 556. The number of carbonyl (C=O) groups excluding carboxylic acids is 2. The van der Waals surface area contributed by atoms with Crippen LogP contribution in [0.25, 0.3) is 0 Å². The highest BCUT2D eigenvalue weighted by Gasteiger charge is 2.25. The molecule has 1 aromatic rings. The Kier molecular flexibility index (Phi) is 5.80. The lowest BCUT2D eigenvalue weighted by Gasteiger charge is -2.20. The van der Waals surface area contributed by atoms with Crippen LogP contribution >= 0.6 is 11.6 Å². The van der Waals surface area contributed by atoms with Crippen molar-refractivity contribution in [3.8, 4) is 0 Å². The SMILES string of the molecule is Cc1ccc(NC(=O)C[C@@H]([NH2+]C2CCCC2)C(=O)[O-])cc1Cl. The number of hydrogen-bond donors (Lipinski definition) is 2. The lowest BCUT2D eigenvalue weighted by atomic mass is 10.1. The van der Waals surface area contributed by atoms with E-state index in [1.807, 2.05) is 6.92 Å². The molecule has 1 fully saturated rings. The smallest absolute Gasteiger partial charge is 0.230 e. The van der Waals surface area contributed by atoms with E-state index in [2.05, 4.69) is 5.32 Å². The lowest BCUT2D eigenvalue weighted by Crippen LogP contribution is -2.97. The van der Waals surface area contributed by atoms with Gasteiger partial charge in [-0.25, -0.2) is 0 Å². The number of hydrogen-bond acceptors (Lipinski definition) is 3. The van der Waals surface area contributed by atoms with Crippen molar-refractivity contribution in [2.24, 2.45) is 0 Å². The summed E-state index contributed by atoms with van der Waals surface area (Å²) >= 11 is 6.01. The van der Waals surface area contributed by atoms with Gasteiger partial charge in [0.05, 0.1) is 18.4 Å². The molecule has 2 rings (SSSR count). The van der Waals surface area contributed by atoms with Crippen LogP contribution in [0.5, 0.6) is 0 Å². The molecule has 0 unspecified atom stereocenters. The van der Waals surface area contributed by atoms with Crippen LogP contribution in [0.2, 0.25) is 5.02 Å². The van der Waals surface area contributed by atoms with E-state index in [0.29, 0.717) is 10.7 Å². The first kappa shape index (κ1) is 16.8. The van der Waals surface area contributed by atoms with E-state index in [4.69, 9.17) is 11.6 Å². The van der Waals surface area contributed by atoms with Crippen molar-refractivity contribution in [1.82, 2.24) is 0 Å². The molecule has 1 aliphatic carbocycles. The molecule has 1 aromatic carbocycles. The molecule has 1 atom stereocenters. The molecule has 5 nitrogen and oxygen atoms in total. The number of carboxylic acids is 1. The predicted molar refractivity (Wildman–Crippen MR) is 82.4 cm³/mol. The van der Waals surface area contributed by atoms with Gasteiger partial charge < -0.3 is 20.5 Å². The number of nitrogens with one attached hydrogen (secondary N) is 1. The third-order valence-electron chi connectivity index (χ3n) is 4.07. The molecular weight excluding hydrogens is 304 g/mol. The molecule has 22 heavy (non-hydrogen) atoms. The number of halogens is 1. The molecule has 3 N–H and O–H groups in total. The topological polar surface area (TPSA) is 85.8 Å². The second-order valence-electron chi connectivity index (χ2n) is 5.88. The number of quaternary nitrogens is 1. The van der Waals surface area contributed by atoms with E-state index >= 15 is 0 Å². The van der Waals surface area contributed by atoms with Gasteiger partial charge in [0.1, 0.15) is 6.04 Å². The first-order valence-corrected chi connectivity index (χ1v) is 7.95. The Labute approximate surface area is 135 Å². The van der Waals surface area contributed by atoms with Gasteiger partial charge in [-0.05, 0) is 50.3 Å². The normalized spacial score (nSPS) is 16.5. The van der Waals surface area contributed by atoms with Gasteiger partial charge in [0.25, 0.3) is 0 Å². The van der Waals surface area contributed by atoms with Crippen LogP contribution in [-0.2, 0) is 9.59 Å². The fourth-order valence-electron chi connectivity index (χ4n) is 2.79. The molecule has 0 saturated heterocycles. The van der Waals surface area contributed by atoms with Gasteiger partial charge in [-0.3, -0.25) is 4.79 Å². The first-order chi connectivity index (χ1) is 10.5. The number of nitrogens with two attached hydrogens (primary N) is 1. The van der Waals surface area contributed by atoms with Crippen molar-refractivity contribution in [2.75, 3.05) is 5.32 Å². The Hall–Kier alpha value is -1.59. The fourth-order valence-corrected chi connectivity index (χ4v) is 2.97. The van der Waals surface area contributed by atoms with Crippen molar-refractivity contribution in [3.05, 3.63) is 28.8 Å². The summed E-state index contributed by atoms with van der Waals surface area (Å²) in [6.45, 7) is 1.87. The Morgan fingerprint density at radius 2 is 2.09 bits per heavy atom. The second-order valence-corrected chi connectivity index (χ2v) is 6.29. The minimum absolute atomic E-state index is 0.107. The maximum absolute atomic E-state index is 12.0. The summed E-state index contributed by atoms with van der Waals surface area (Å²) in [4.78, 5) is 23.3. The number of aliphatic carboxylic acids is 1. The van der Waals surface area contributed by atoms with Gasteiger partial charge in [0, 0.05) is 10.7 Å². The van der Waals surface area contributed by atoms with Crippen LogP contribution in [0, 0.1) is 6.92 Å². The molecule has 0 bridgehead atoms. The number of benzene rings is 1. The number of carboxylic acid groups (broad SMARTS) is 1. The highest BCUT2D eigenvalue weighted by Crippen LogP contribution is 2.20. The van der Waals surface area contributed by atoms with Crippen molar-refractivity contribution in [3.63, 3.8) is 0 Å². The fraction of sp³-hybridized carbons (Fsp3) is 0.500. The van der Waals surface area contributed by atoms with E-state index in [-0.39, 0.29) is 18.4 Å². The quantitative estimate of drug-likeness (QED) is 0.803. The maximum atomic E-state index is 12.0. The van der Waals surface area contributed by atoms with Crippen molar-refractivity contribution in [1.29, 1.82) is 0 Å². The van der Waals surface area contributed by atoms with E-state index in [9.17, 15) is 14.7 Å². The van der Waals surface area contributed by atoms with Crippen LogP contribution in [0.1, 0.15) is 37.7 Å². The summed E-state index contributed by atoms with van der Waals surface area (Å²) in [5.74, 6) is -1.53. The van der Waals surface area contributed by atoms with E-state index in [0.717, 1.165) is 31.2 Å². The molecule has 0 spiro atoms. The highest BCUT2D eigenvalue weighted by atomic mass is 35.5. The molecule has 0 heterocycles. The molecule has 0 radical (unpaired) electrons. The lowest BCUT2D eigenvalue weighted by molar-refractivity contribution is -0.713. The summed E-state index contributed by atoms with van der Waals surface area (Å²) in [6.07, 6.45) is 4.13. The van der Waals surface area contributed by atoms with Crippen LogP contribution in [0.4, 0.5) is 5.69 Å². The average Bonchev–Trinajstić information content (AvgIpc) is 2.95. The van der Waals surface area contributed by atoms with Crippen LogP contribution in [-0.4, -0.2) is 24.0 Å². The molecule has 0 aromatic heterocycles. The molecule has 6 heteroatoms. The second kappa shape index (κ2) is 7.61. The van der Waals surface area contributed by atoms with Gasteiger partial charge in [-0.1, -0.05) is 17.7 Å². The van der Waals surface area contributed by atoms with Gasteiger partial charge in [0.15, 0.2) is 0 Å². The van der Waals surface area contributed by atoms with E-state index in [1.54, 1.807) is 23.5 Å². The van der Waals surface area contributed by atoms with Crippen molar-refractivity contribution in [2.45, 2.75) is 51.1 Å². The molecule has 0 aliphatic heterocycles. The zero-order valence-corrected chi connectivity index (χ0v) is 13.4. The first-order valence-electron chi connectivity index (χ1n) is 7.57. The van der Waals surface area contributed by atoms with E-state index < -0.39 is 12.0 Å². The minimum atomic E-state index is -1.19. The molecule has 120 valence electrons. The number of aryl methyl sites for hydroxylation is 1. The summed E-state index contributed by atoms with van der Waals surface area (Å²) in [6, 6.07) is 4.64. The number of anilines is 1. The van der Waals surface area contributed by atoms with Crippen LogP contribution in [0.15, 0.2) is 18.2 Å². The molecule has 1 amide bonds. The standard InChI is InChI=1S/C16H21ClN2O3/c1-10-6-7-12(8-13(10)17)19-15(20)9-14(16(21)22)18-11-4-2-3-5-11/h6-8,11,14,18H,2-5,9H2,1H3,(H,19,20)(H,21,22)/t14-/m1/s1. The Morgan fingerprint density at radius 3 is 2.68 bits per heavy atom. The van der Waals surface area contributed by atoms with Crippen LogP contribution in [0.3, 0.4) is 0 Å². The predicted octanol–water partition coefficient (Wildman–Crippen LogP) is 0.602. The largest absolute Gasteiger partial charge is 0.544 e. The third kappa shape index (κ3) is 4.71. The maximum Gasteiger partial charge on any atom is 0.230 e. The van der Waals surface area contributed by atoms with E-state index in [1.165, 1.54) is 0 Å². The minimum Gasteiger partial charge on any atom is -0.544 e. The summed E-state index contributed by atoms with van der Waals surface area (Å²) < 4.78 is 0. The average molecular weight is 325 g/mol. The Balaban J connectivity index is 1.92. The molecular formula is C16H21ClN2O3. The van der Waals surface area contributed by atoms with Gasteiger partial charge >= 0.3 is 0 Å². The summed E-state index contributed by atoms with van der Waals surface area (Å²) in [5.41, 5.74) is 1.49. The monoisotopic (exact) mass is 324 g/mol. The van der Waals surface area contributed by atoms with Crippen molar-refractivity contribution < 1.29 is 20.0 Å². The summed E-state index contributed by atoms with van der Waals surface area (Å²) in [5, 5.41) is 16.2. The zero-order chi connectivity index (χ0) is 16.1. The molecule has 1 aliphatic rings. The van der Waals surface area contributed by atoms with Gasteiger partial charge in [-0.15, -0.1) is 0 Å². The third-order valence-corrected chi connectivity index (χ3v) is 4.48. The number of amides is 1. The van der Waals surface area contributed by atoms with Crippen molar-refractivity contribution >= 4 is 29.2 Å². The Morgan fingerprint density at radius 1 is 1.41 bits per heavy atom.